The molecular formula is C16H13ClN4OS. The summed E-state index contributed by atoms with van der Waals surface area (Å²) in [5.74, 6) is 0.689. The standard InChI is InChI=1S/C16H13ClN4OS/c17-11-3-1-9(2-4-11)10-7-12-13(15(22)19-8-10)21-14(20-12)16-18-5-6-23-16/h1-6,10H,7-8H2,(H,19,22)(H,20,21)/t10-/m1/s1. The minimum Gasteiger partial charge on any atom is -0.350 e. The monoisotopic (exact) mass is 344 g/mol. The van der Waals surface area contributed by atoms with E-state index < -0.39 is 0 Å². The van der Waals surface area contributed by atoms with Gasteiger partial charge in [0.2, 0.25) is 0 Å². The average molecular weight is 345 g/mol. The fourth-order valence-corrected chi connectivity index (χ4v) is 3.48. The van der Waals surface area contributed by atoms with Gasteiger partial charge in [0.25, 0.3) is 5.91 Å². The quantitative estimate of drug-likeness (QED) is 0.749. The Morgan fingerprint density at radius 2 is 2.09 bits per heavy atom. The number of benzene rings is 1. The lowest BCUT2D eigenvalue weighted by atomic mass is 9.94. The lowest BCUT2D eigenvalue weighted by Gasteiger charge is -2.14. The van der Waals surface area contributed by atoms with Crippen LogP contribution in [0.2, 0.25) is 5.02 Å². The van der Waals surface area contributed by atoms with Crippen LogP contribution in [0.4, 0.5) is 0 Å². The molecule has 1 amide bonds. The number of aromatic nitrogens is 3. The molecule has 4 rings (SSSR count). The average Bonchev–Trinajstić information content (AvgIpc) is 3.19. The summed E-state index contributed by atoms with van der Waals surface area (Å²) in [5.41, 5.74) is 2.46. The van der Waals surface area contributed by atoms with E-state index in [1.165, 1.54) is 11.3 Å². The van der Waals surface area contributed by atoms with Gasteiger partial charge >= 0.3 is 0 Å². The lowest BCUT2D eigenvalue weighted by molar-refractivity contribution is 0.0950. The number of aromatic amines is 1. The van der Waals surface area contributed by atoms with Gasteiger partial charge in [-0.25, -0.2) is 9.97 Å². The number of amides is 1. The molecule has 0 spiro atoms. The number of imidazole rings is 1. The van der Waals surface area contributed by atoms with E-state index in [0.717, 1.165) is 16.3 Å². The molecule has 23 heavy (non-hydrogen) atoms. The van der Waals surface area contributed by atoms with Crippen LogP contribution in [-0.2, 0) is 6.42 Å². The number of hydrogen-bond acceptors (Lipinski definition) is 4. The first-order chi connectivity index (χ1) is 11.2. The number of fused-ring (bicyclic) bond motifs is 1. The van der Waals surface area contributed by atoms with E-state index in [1.807, 2.05) is 29.6 Å². The van der Waals surface area contributed by atoms with Crippen molar-refractivity contribution in [1.82, 2.24) is 20.3 Å². The summed E-state index contributed by atoms with van der Waals surface area (Å²) in [6.45, 7) is 0.581. The molecule has 116 valence electrons. The van der Waals surface area contributed by atoms with E-state index >= 15 is 0 Å². The van der Waals surface area contributed by atoms with E-state index in [-0.39, 0.29) is 11.8 Å². The predicted octanol–water partition coefficient (Wildman–Crippen LogP) is 3.26. The molecule has 5 nitrogen and oxygen atoms in total. The second-order valence-electron chi connectivity index (χ2n) is 5.41. The molecule has 3 heterocycles. The number of rotatable bonds is 2. The second-order valence-corrected chi connectivity index (χ2v) is 6.74. The summed E-state index contributed by atoms with van der Waals surface area (Å²) >= 11 is 7.45. The molecule has 0 radical (unpaired) electrons. The highest BCUT2D eigenvalue weighted by Crippen LogP contribution is 2.28. The van der Waals surface area contributed by atoms with Crippen molar-refractivity contribution in [1.29, 1.82) is 0 Å². The van der Waals surface area contributed by atoms with Crippen molar-refractivity contribution in [2.75, 3.05) is 6.54 Å². The van der Waals surface area contributed by atoms with Crippen LogP contribution in [-0.4, -0.2) is 27.4 Å². The zero-order valence-electron chi connectivity index (χ0n) is 12.0. The van der Waals surface area contributed by atoms with Gasteiger partial charge in [0.05, 0.1) is 0 Å². The van der Waals surface area contributed by atoms with Crippen molar-refractivity contribution in [2.45, 2.75) is 12.3 Å². The Kier molecular flexibility index (Phi) is 3.63. The van der Waals surface area contributed by atoms with Gasteiger partial charge in [0, 0.05) is 34.8 Å². The largest absolute Gasteiger partial charge is 0.350 e. The first-order valence-electron chi connectivity index (χ1n) is 7.23. The highest BCUT2D eigenvalue weighted by atomic mass is 35.5. The van der Waals surface area contributed by atoms with Crippen LogP contribution >= 0.6 is 22.9 Å². The zero-order valence-corrected chi connectivity index (χ0v) is 13.6. The van der Waals surface area contributed by atoms with E-state index in [9.17, 15) is 4.79 Å². The minimum absolute atomic E-state index is 0.143. The Balaban J connectivity index is 1.69. The molecule has 3 aromatic rings. The van der Waals surface area contributed by atoms with Gasteiger partial charge in [-0.1, -0.05) is 23.7 Å². The number of thiazole rings is 1. The fraction of sp³-hybridized carbons (Fsp3) is 0.188. The highest BCUT2D eigenvalue weighted by molar-refractivity contribution is 7.13. The van der Waals surface area contributed by atoms with Crippen molar-refractivity contribution in [3.8, 4) is 10.8 Å². The SMILES string of the molecule is O=C1NC[C@H](c2ccc(Cl)cc2)Cc2[nH]c(-c3nccs3)nc21. The van der Waals surface area contributed by atoms with Crippen molar-refractivity contribution in [2.24, 2.45) is 0 Å². The third kappa shape index (κ3) is 2.75. The third-order valence-electron chi connectivity index (χ3n) is 3.93. The summed E-state index contributed by atoms with van der Waals surface area (Å²) in [5, 5.41) is 6.33. The molecule has 1 atom stereocenters. The molecule has 1 aliphatic rings. The number of hydrogen-bond donors (Lipinski definition) is 2. The Labute approximate surface area is 141 Å². The first kappa shape index (κ1) is 14.4. The van der Waals surface area contributed by atoms with Gasteiger partial charge in [-0.2, -0.15) is 0 Å². The highest BCUT2D eigenvalue weighted by Gasteiger charge is 2.26. The zero-order chi connectivity index (χ0) is 15.8. The van der Waals surface area contributed by atoms with Crippen LogP contribution in [0.1, 0.15) is 27.7 Å². The Morgan fingerprint density at radius 3 is 2.83 bits per heavy atom. The maximum absolute atomic E-state index is 12.3. The topological polar surface area (TPSA) is 70.7 Å². The molecule has 2 aromatic heterocycles. The van der Waals surface area contributed by atoms with Crippen molar-refractivity contribution in [3.05, 3.63) is 57.8 Å². The molecule has 0 unspecified atom stereocenters. The molecule has 0 saturated heterocycles. The molecule has 1 aromatic carbocycles. The number of halogens is 1. The normalized spacial score (nSPS) is 17.4. The number of H-pyrrole nitrogens is 1. The molecule has 0 saturated carbocycles. The van der Waals surface area contributed by atoms with Gasteiger partial charge < -0.3 is 10.3 Å². The molecule has 2 N–H and O–H groups in total. The number of carbonyl (C=O) groups excluding carboxylic acids is 1. The Hall–Kier alpha value is -2.18. The molecular weight excluding hydrogens is 332 g/mol. The summed E-state index contributed by atoms with van der Waals surface area (Å²) in [7, 11) is 0. The third-order valence-corrected chi connectivity index (χ3v) is 4.96. The summed E-state index contributed by atoms with van der Waals surface area (Å²) in [6, 6.07) is 7.75. The lowest BCUT2D eigenvalue weighted by Crippen LogP contribution is -2.26. The van der Waals surface area contributed by atoms with Crippen LogP contribution in [0.3, 0.4) is 0 Å². The maximum Gasteiger partial charge on any atom is 0.271 e. The van der Waals surface area contributed by atoms with Crippen LogP contribution in [0.5, 0.6) is 0 Å². The van der Waals surface area contributed by atoms with Gasteiger partial charge in [0.15, 0.2) is 10.8 Å². The second kappa shape index (κ2) is 5.79. The van der Waals surface area contributed by atoms with Crippen molar-refractivity contribution < 1.29 is 4.79 Å². The summed E-state index contributed by atoms with van der Waals surface area (Å²) < 4.78 is 0. The number of carbonyl (C=O) groups is 1. The smallest absolute Gasteiger partial charge is 0.271 e. The van der Waals surface area contributed by atoms with Gasteiger partial charge in [-0.05, 0) is 24.1 Å². The van der Waals surface area contributed by atoms with Crippen LogP contribution in [0.15, 0.2) is 35.8 Å². The fourth-order valence-electron chi connectivity index (χ4n) is 2.78. The van der Waals surface area contributed by atoms with Gasteiger partial charge in [-0.3, -0.25) is 4.79 Å². The maximum atomic E-state index is 12.3. The molecule has 7 heteroatoms. The van der Waals surface area contributed by atoms with Crippen LogP contribution in [0.25, 0.3) is 10.8 Å². The molecule has 0 fully saturated rings. The van der Waals surface area contributed by atoms with E-state index in [4.69, 9.17) is 11.6 Å². The molecule has 0 aliphatic carbocycles. The van der Waals surface area contributed by atoms with Crippen molar-refractivity contribution in [3.63, 3.8) is 0 Å². The summed E-state index contributed by atoms with van der Waals surface area (Å²) in [4.78, 5) is 24.2. The van der Waals surface area contributed by atoms with E-state index in [1.54, 1.807) is 6.20 Å². The summed E-state index contributed by atoms with van der Waals surface area (Å²) in [6.07, 6.45) is 2.44. The predicted molar refractivity (Wildman–Crippen MR) is 89.9 cm³/mol. The number of nitrogens with one attached hydrogen (secondary N) is 2. The number of nitrogens with zero attached hydrogens (tertiary/aromatic N) is 2. The van der Waals surface area contributed by atoms with Crippen LogP contribution < -0.4 is 5.32 Å². The van der Waals surface area contributed by atoms with Gasteiger partial charge in [0.1, 0.15) is 5.69 Å². The van der Waals surface area contributed by atoms with Crippen LogP contribution in [0, 0.1) is 0 Å². The Bertz CT molecular complexity index is 842. The molecule has 0 bridgehead atoms. The van der Waals surface area contributed by atoms with Gasteiger partial charge in [-0.15, -0.1) is 11.3 Å². The Morgan fingerprint density at radius 1 is 1.26 bits per heavy atom. The van der Waals surface area contributed by atoms with Crippen molar-refractivity contribution >= 4 is 28.8 Å². The van der Waals surface area contributed by atoms with E-state index in [2.05, 4.69) is 20.3 Å². The minimum atomic E-state index is -0.143. The first-order valence-corrected chi connectivity index (χ1v) is 8.49. The molecule has 1 aliphatic heterocycles. The van der Waals surface area contributed by atoms with E-state index in [0.29, 0.717) is 29.5 Å².